The van der Waals surface area contributed by atoms with Crippen molar-refractivity contribution in [2.75, 3.05) is 14.2 Å². The van der Waals surface area contributed by atoms with E-state index in [1.54, 1.807) is 13.4 Å². The number of hydrogen-bond donors (Lipinski definition) is 0. The molecule has 0 saturated heterocycles. The summed E-state index contributed by atoms with van der Waals surface area (Å²) in [5, 5.41) is 0.894. The van der Waals surface area contributed by atoms with Gasteiger partial charge in [-0.25, -0.2) is 0 Å². The molecule has 0 fully saturated rings. The highest BCUT2D eigenvalue weighted by Gasteiger charge is 2.31. The molecule has 18 heavy (non-hydrogen) atoms. The van der Waals surface area contributed by atoms with Crippen LogP contribution in [0.5, 0.6) is 11.5 Å². The summed E-state index contributed by atoms with van der Waals surface area (Å²) in [6.07, 6.45) is 1.47. The molecule has 94 valence electrons. The van der Waals surface area contributed by atoms with Gasteiger partial charge in [0, 0.05) is 18.1 Å². The SMILES string of the molecule is COc1c2c(cc3ccoc13)C(OC)CC(=O)O2. The van der Waals surface area contributed by atoms with Crippen molar-refractivity contribution in [3.8, 4) is 11.5 Å². The van der Waals surface area contributed by atoms with Crippen LogP contribution in [0.4, 0.5) is 0 Å². The van der Waals surface area contributed by atoms with Crippen LogP contribution in [0.15, 0.2) is 22.8 Å². The van der Waals surface area contributed by atoms with Crippen molar-refractivity contribution in [2.45, 2.75) is 12.5 Å². The number of carbonyl (C=O) groups excluding carboxylic acids is 1. The average molecular weight is 248 g/mol. The monoisotopic (exact) mass is 248 g/mol. The Bertz CT molecular complexity index is 613. The molecule has 0 aliphatic carbocycles. The molecule has 5 heteroatoms. The fourth-order valence-electron chi connectivity index (χ4n) is 2.24. The zero-order chi connectivity index (χ0) is 12.7. The molecule has 1 aliphatic rings. The second kappa shape index (κ2) is 4.03. The van der Waals surface area contributed by atoms with Gasteiger partial charge in [-0.05, 0) is 12.1 Å². The van der Waals surface area contributed by atoms with E-state index in [0.29, 0.717) is 17.1 Å². The molecule has 0 radical (unpaired) electrons. The second-order valence-electron chi connectivity index (χ2n) is 4.07. The molecule has 2 aromatic rings. The fraction of sp³-hybridized carbons (Fsp3) is 0.308. The fourth-order valence-corrected chi connectivity index (χ4v) is 2.24. The highest BCUT2D eigenvalue weighted by molar-refractivity contribution is 5.90. The first kappa shape index (κ1) is 11.1. The third kappa shape index (κ3) is 1.48. The van der Waals surface area contributed by atoms with Crippen molar-refractivity contribution in [3.63, 3.8) is 0 Å². The van der Waals surface area contributed by atoms with E-state index < -0.39 is 0 Å². The topological polar surface area (TPSA) is 57.9 Å². The molecule has 2 heterocycles. The molecule has 5 nitrogen and oxygen atoms in total. The predicted octanol–water partition coefficient (Wildman–Crippen LogP) is 2.44. The standard InChI is InChI=1S/C13H12O5/c1-15-9-6-10(14)18-12-8(9)5-7-3-4-17-11(7)13(12)16-2/h3-5,9H,6H2,1-2H3. The van der Waals surface area contributed by atoms with Gasteiger partial charge in [0.15, 0.2) is 11.3 Å². The quantitative estimate of drug-likeness (QED) is 0.603. The lowest BCUT2D eigenvalue weighted by Gasteiger charge is -2.24. The van der Waals surface area contributed by atoms with Crippen molar-refractivity contribution in [1.29, 1.82) is 0 Å². The Labute approximate surface area is 103 Å². The number of fused-ring (bicyclic) bond motifs is 2. The average Bonchev–Trinajstić information content (AvgIpc) is 2.83. The normalized spacial score (nSPS) is 18.6. The lowest BCUT2D eigenvalue weighted by atomic mass is 10.0. The number of furan rings is 1. The predicted molar refractivity (Wildman–Crippen MR) is 62.8 cm³/mol. The van der Waals surface area contributed by atoms with Crippen LogP contribution in [-0.2, 0) is 9.53 Å². The Kier molecular flexibility index (Phi) is 2.48. The summed E-state index contributed by atoms with van der Waals surface area (Å²) in [7, 11) is 3.08. The van der Waals surface area contributed by atoms with Crippen LogP contribution >= 0.6 is 0 Å². The summed E-state index contributed by atoms with van der Waals surface area (Å²) in [4.78, 5) is 11.5. The maximum atomic E-state index is 11.5. The second-order valence-corrected chi connectivity index (χ2v) is 4.07. The van der Waals surface area contributed by atoms with Crippen LogP contribution in [0.1, 0.15) is 18.1 Å². The number of benzene rings is 1. The maximum Gasteiger partial charge on any atom is 0.314 e. The lowest BCUT2D eigenvalue weighted by molar-refractivity contribution is -0.139. The van der Waals surface area contributed by atoms with Gasteiger partial charge in [0.1, 0.15) is 0 Å². The van der Waals surface area contributed by atoms with Gasteiger partial charge >= 0.3 is 5.97 Å². The number of carbonyl (C=O) groups is 1. The molecular weight excluding hydrogens is 236 g/mol. The molecule has 0 amide bonds. The Morgan fingerprint density at radius 3 is 2.94 bits per heavy atom. The highest BCUT2D eigenvalue weighted by Crippen LogP contribution is 2.45. The molecule has 1 unspecified atom stereocenters. The van der Waals surface area contributed by atoms with Gasteiger partial charge < -0.3 is 18.6 Å². The van der Waals surface area contributed by atoms with E-state index in [4.69, 9.17) is 18.6 Å². The Morgan fingerprint density at radius 1 is 1.39 bits per heavy atom. The van der Waals surface area contributed by atoms with Gasteiger partial charge in [0.05, 0.1) is 25.9 Å². The van der Waals surface area contributed by atoms with E-state index >= 15 is 0 Å². The lowest BCUT2D eigenvalue weighted by Crippen LogP contribution is -2.21. The minimum absolute atomic E-state index is 0.204. The minimum atomic E-state index is -0.335. The third-order valence-corrected chi connectivity index (χ3v) is 3.08. The van der Waals surface area contributed by atoms with Gasteiger partial charge in [-0.3, -0.25) is 4.79 Å². The Hall–Kier alpha value is -2.01. The van der Waals surface area contributed by atoms with Crippen LogP contribution in [-0.4, -0.2) is 20.2 Å². The van der Waals surface area contributed by atoms with E-state index in [0.717, 1.165) is 10.9 Å². The van der Waals surface area contributed by atoms with E-state index in [1.165, 1.54) is 7.11 Å². The molecule has 1 aromatic heterocycles. The molecule has 0 saturated carbocycles. The number of ether oxygens (including phenoxy) is 3. The van der Waals surface area contributed by atoms with Crippen molar-refractivity contribution in [3.05, 3.63) is 24.0 Å². The largest absolute Gasteiger partial charge is 0.490 e. The Morgan fingerprint density at radius 2 is 2.22 bits per heavy atom. The highest BCUT2D eigenvalue weighted by atomic mass is 16.6. The zero-order valence-electron chi connectivity index (χ0n) is 10.1. The summed E-state index contributed by atoms with van der Waals surface area (Å²) >= 11 is 0. The molecule has 0 bridgehead atoms. The number of rotatable bonds is 2. The minimum Gasteiger partial charge on any atom is -0.490 e. The summed E-state index contributed by atoms with van der Waals surface area (Å²) in [5.74, 6) is 0.490. The summed E-state index contributed by atoms with van der Waals surface area (Å²) < 4.78 is 21.2. The van der Waals surface area contributed by atoms with E-state index in [2.05, 4.69) is 0 Å². The molecule has 1 aliphatic heterocycles. The number of methoxy groups -OCH3 is 2. The van der Waals surface area contributed by atoms with Gasteiger partial charge in [0.2, 0.25) is 5.75 Å². The van der Waals surface area contributed by atoms with Crippen molar-refractivity contribution < 1.29 is 23.4 Å². The summed E-state index contributed by atoms with van der Waals surface area (Å²) in [5.41, 5.74) is 1.38. The molecule has 0 N–H and O–H groups in total. The van der Waals surface area contributed by atoms with Gasteiger partial charge in [-0.1, -0.05) is 0 Å². The molecule has 1 aromatic carbocycles. The van der Waals surface area contributed by atoms with E-state index in [9.17, 15) is 4.79 Å². The van der Waals surface area contributed by atoms with Gasteiger partial charge in [-0.15, -0.1) is 0 Å². The Balaban J connectivity index is 2.30. The van der Waals surface area contributed by atoms with Crippen LogP contribution in [0.2, 0.25) is 0 Å². The summed E-state index contributed by atoms with van der Waals surface area (Å²) in [6, 6.07) is 3.73. The number of esters is 1. The van der Waals surface area contributed by atoms with Crippen molar-refractivity contribution in [2.24, 2.45) is 0 Å². The van der Waals surface area contributed by atoms with Crippen LogP contribution in [0.3, 0.4) is 0 Å². The van der Waals surface area contributed by atoms with Crippen LogP contribution < -0.4 is 9.47 Å². The smallest absolute Gasteiger partial charge is 0.314 e. The van der Waals surface area contributed by atoms with Crippen molar-refractivity contribution >= 4 is 16.9 Å². The van der Waals surface area contributed by atoms with Crippen LogP contribution in [0, 0.1) is 0 Å². The number of hydrogen-bond acceptors (Lipinski definition) is 5. The van der Waals surface area contributed by atoms with Gasteiger partial charge in [-0.2, -0.15) is 0 Å². The first-order valence-corrected chi connectivity index (χ1v) is 5.56. The van der Waals surface area contributed by atoms with Gasteiger partial charge in [0.25, 0.3) is 0 Å². The first-order chi connectivity index (χ1) is 8.74. The molecule has 1 atom stereocenters. The van der Waals surface area contributed by atoms with Crippen LogP contribution in [0.25, 0.3) is 11.0 Å². The third-order valence-electron chi connectivity index (χ3n) is 3.08. The van der Waals surface area contributed by atoms with Crippen molar-refractivity contribution in [1.82, 2.24) is 0 Å². The maximum absolute atomic E-state index is 11.5. The van der Waals surface area contributed by atoms with E-state index in [-0.39, 0.29) is 18.5 Å². The molecular formula is C13H12O5. The summed E-state index contributed by atoms with van der Waals surface area (Å²) in [6.45, 7) is 0. The zero-order valence-corrected chi connectivity index (χ0v) is 10.1. The first-order valence-electron chi connectivity index (χ1n) is 5.56. The van der Waals surface area contributed by atoms with E-state index in [1.807, 2.05) is 12.1 Å². The molecule has 0 spiro atoms. The molecule has 3 rings (SSSR count).